The minimum absolute atomic E-state index is 0. The molecule has 2 aromatic carbocycles. The molecule has 3 rings (SSSR count). The maximum Gasteiger partial charge on any atom is 0.262 e. The van der Waals surface area contributed by atoms with Crippen molar-refractivity contribution in [3.63, 3.8) is 0 Å². The molecule has 0 saturated heterocycles. The van der Waals surface area contributed by atoms with E-state index in [0.29, 0.717) is 30.2 Å². The van der Waals surface area contributed by atoms with Crippen molar-refractivity contribution in [1.82, 2.24) is 5.32 Å². The van der Waals surface area contributed by atoms with Crippen LogP contribution < -0.4 is 15.4 Å². The lowest BCUT2D eigenvalue weighted by atomic mass is 9.99. The number of hydrogen-bond acceptors (Lipinski definition) is 3. The summed E-state index contributed by atoms with van der Waals surface area (Å²) in [6.07, 6.45) is 0.627. The van der Waals surface area contributed by atoms with E-state index in [1.165, 1.54) is 0 Å². The molecule has 0 aliphatic carbocycles. The van der Waals surface area contributed by atoms with Crippen LogP contribution in [-0.4, -0.2) is 19.1 Å². The first-order valence-electron chi connectivity index (χ1n) is 9.00. The third-order valence-corrected chi connectivity index (χ3v) is 4.63. The lowest BCUT2D eigenvalue weighted by molar-refractivity contribution is -0.118. The first-order valence-corrected chi connectivity index (χ1v) is 9.00. The Morgan fingerprint density at radius 3 is 2.81 bits per heavy atom. The van der Waals surface area contributed by atoms with Crippen LogP contribution in [0.1, 0.15) is 42.0 Å². The van der Waals surface area contributed by atoms with E-state index in [1.807, 2.05) is 31.2 Å². The maximum atomic E-state index is 14.6. The number of carbonyl (C=O) groups excluding carboxylic acids is 1. The summed E-state index contributed by atoms with van der Waals surface area (Å²) < 4.78 is 20.3. The van der Waals surface area contributed by atoms with Gasteiger partial charge < -0.3 is 15.4 Å². The number of halogens is 2. The molecule has 1 amide bonds. The summed E-state index contributed by atoms with van der Waals surface area (Å²) in [6.45, 7) is 7.39. The molecule has 27 heavy (non-hydrogen) atoms. The van der Waals surface area contributed by atoms with Crippen LogP contribution in [0.5, 0.6) is 5.75 Å². The van der Waals surface area contributed by atoms with Crippen LogP contribution in [0, 0.1) is 12.7 Å². The molecule has 2 N–H and O–H groups in total. The van der Waals surface area contributed by atoms with E-state index in [0.717, 1.165) is 23.2 Å². The number of fused-ring (bicyclic) bond motifs is 1. The molecule has 146 valence electrons. The Bertz CT molecular complexity index is 824. The zero-order valence-corrected chi connectivity index (χ0v) is 16.7. The molecule has 1 aliphatic rings. The summed E-state index contributed by atoms with van der Waals surface area (Å²) in [5.41, 5.74) is 3.97. The molecular weight excluding hydrogens is 367 g/mol. The summed E-state index contributed by atoms with van der Waals surface area (Å²) >= 11 is 0. The second kappa shape index (κ2) is 9.20. The molecule has 0 saturated carbocycles. The monoisotopic (exact) mass is 392 g/mol. The third-order valence-electron chi connectivity index (χ3n) is 4.63. The van der Waals surface area contributed by atoms with Crippen LogP contribution in [-0.2, 0) is 17.8 Å². The smallest absolute Gasteiger partial charge is 0.262 e. The molecule has 4 nitrogen and oxygen atoms in total. The van der Waals surface area contributed by atoms with Gasteiger partial charge in [-0.05, 0) is 60.2 Å². The zero-order valence-electron chi connectivity index (χ0n) is 15.9. The average molecular weight is 393 g/mol. The van der Waals surface area contributed by atoms with Crippen LogP contribution in [0.15, 0.2) is 30.3 Å². The van der Waals surface area contributed by atoms with Gasteiger partial charge in [-0.15, -0.1) is 12.4 Å². The molecule has 0 fully saturated rings. The Labute approximate surface area is 165 Å². The second-order valence-corrected chi connectivity index (χ2v) is 7.02. The molecule has 0 unspecified atom stereocenters. The number of aryl methyl sites for hydroxylation is 1. The third kappa shape index (κ3) is 4.99. The quantitative estimate of drug-likeness (QED) is 0.795. The number of benzene rings is 2. The molecule has 6 heteroatoms. The Hall–Kier alpha value is -2.11. The number of carbonyl (C=O) groups is 1. The molecular formula is C21H26ClFN2O2. The van der Waals surface area contributed by atoms with Gasteiger partial charge in [-0.25, -0.2) is 4.39 Å². The summed E-state index contributed by atoms with van der Waals surface area (Å²) in [4.78, 5) is 12.3. The number of hydrogen-bond donors (Lipinski definition) is 2. The van der Waals surface area contributed by atoms with Crippen molar-refractivity contribution in [2.45, 2.75) is 39.7 Å². The van der Waals surface area contributed by atoms with Gasteiger partial charge in [-0.2, -0.15) is 0 Å². The van der Waals surface area contributed by atoms with E-state index >= 15 is 0 Å². The minimum Gasteiger partial charge on any atom is -0.483 e. The molecule has 0 bridgehead atoms. The van der Waals surface area contributed by atoms with E-state index in [9.17, 15) is 9.18 Å². The van der Waals surface area contributed by atoms with Crippen molar-refractivity contribution in [3.8, 4) is 5.75 Å². The molecule has 0 aromatic heterocycles. The van der Waals surface area contributed by atoms with Gasteiger partial charge in [-0.3, -0.25) is 4.79 Å². The maximum absolute atomic E-state index is 14.6. The summed E-state index contributed by atoms with van der Waals surface area (Å²) in [5, 5.41) is 5.85. The number of amides is 1. The van der Waals surface area contributed by atoms with Crippen LogP contribution in [0.2, 0.25) is 0 Å². The van der Waals surface area contributed by atoms with Crippen LogP contribution in [0.3, 0.4) is 0 Å². The summed E-state index contributed by atoms with van der Waals surface area (Å²) in [7, 11) is 0. The van der Waals surface area contributed by atoms with Gasteiger partial charge in [0.05, 0.1) is 5.69 Å². The fourth-order valence-corrected chi connectivity index (χ4v) is 3.20. The standard InChI is InChI=1S/C21H25FN2O2.ClH/c1-13(2)16-6-4-14(3)10-19(16)26-12-20(25)24-18-7-5-15-11-23-9-8-17(15)21(18)22;/h4-7,10,13,23H,8-9,11-12H2,1-3H3,(H,24,25);1H. The molecule has 1 aliphatic heterocycles. The van der Waals surface area contributed by atoms with Gasteiger partial charge >= 0.3 is 0 Å². The predicted octanol–water partition coefficient (Wildman–Crippen LogP) is 4.34. The number of nitrogens with one attached hydrogen (secondary N) is 2. The van der Waals surface area contributed by atoms with Crippen molar-refractivity contribution < 1.29 is 13.9 Å². The fourth-order valence-electron chi connectivity index (χ4n) is 3.20. The van der Waals surface area contributed by atoms with Crippen LogP contribution in [0.25, 0.3) is 0 Å². The minimum atomic E-state index is -0.367. The summed E-state index contributed by atoms with van der Waals surface area (Å²) in [5.74, 6) is 0.289. The summed E-state index contributed by atoms with van der Waals surface area (Å²) in [6, 6.07) is 9.45. The van der Waals surface area contributed by atoms with Gasteiger partial charge in [0.2, 0.25) is 0 Å². The highest BCUT2D eigenvalue weighted by Crippen LogP contribution is 2.28. The lowest BCUT2D eigenvalue weighted by Crippen LogP contribution is -2.26. The Balaban J connectivity index is 0.00000261. The first kappa shape index (κ1) is 21.2. The Morgan fingerprint density at radius 2 is 2.07 bits per heavy atom. The van der Waals surface area contributed by atoms with Crippen LogP contribution in [0.4, 0.5) is 10.1 Å². The van der Waals surface area contributed by atoms with Crippen molar-refractivity contribution in [3.05, 3.63) is 58.4 Å². The van der Waals surface area contributed by atoms with Gasteiger partial charge in [-0.1, -0.05) is 32.0 Å². The average Bonchev–Trinajstić information content (AvgIpc) is 2.62. The van der Waals surface area contributed by atoms with E-state index < -0.39 is 0 Å². The van der Waals surface area contributed by atoms with E-state index in [-0.39, 0.29) is 36.4 Å². The lowest BCUT2D eigenvalue weighted by Gasteiger charge is -2.19. The molecule has 0 radical (unpaired) electrons. The van der Waals surface area contributed by atoms with Gasteiger partial charge in [0, 0.05) is 6.54 Å². The largest absolute Gasteiger partial charge is 0.483 e. The SMILES string of the molecule is Cc1ccc(C(C)C)c(OCC(=O)Nc2ccc3c(c2F)CCNC3)c1.Cl. The van der Waals surface area contributed by atoms with Gasteiger partial charge in [0.15, 0.2) is 6.61 Å². The number of anilines is 1. The number of rotatable bonds is 5. The highest BCUT2D eigenvalue weighted by atomic mass is 35.5. The fraction of sp³-hybridized carbons (Fsp3) is 0.381. The normalized spacial score (nSPS) is 12.9. The van der Waals surface area contributed by atoms with Gasteiger partial charge in [0.25, 0.3) is 5.91 Å². The first-order chi connectivity index (χ1) is 12.5. The highest BCUT2D eigenvalue weighted by Gasteiger charge is 2.18. The van der Waals surface area contributed by atoms with Crippen molar-refractivity contribution in [1.29, 1.82) is 0 Å². The molecule has 0 atom stereocenters. The molecule has 1 heterocycles. The Kier molecular flexibility index (Phi) is 7.22. The predicted molar refractivity (Wildman–Crippen MR) is 108 cm³/mol. The zero-order chi connectivity index (χ0) is 18.7. The van der Waals surface area contributed by atoms with Gasteiger partial charge in [0.1, 0.15) is 11.6 Å². The van der Waals surface area contributed by atoms with E-state index in [4.69, 9.17) is 4.74 Å². The number of ether oxygens (including phenoxy) is 1. The highest BCUT2D eigenvalue weighted by molar-refractivity contribution is 5.92. The second-order valence-electron chi connectivity index (χ2n) is 7.02. The Morgan fingerprint density at radius 1 is 1.30 bits per heavy atom. The van der Waals surface area contributed by atoms with E-state index in [1.54, 1.807) is 6.07 Å². The molecule has 0 spiro atoms. The van der Waals surface area contributed by atoms with E-state index in [2.05, 4.69) is 24.5 Å². The van der Waals surface area contributed by atoms with Crippen LogP contribution >= 0.6 is 12.4 Å². The molecule has 2 aromatic rings. The van der Waals surface area contributed by atoms with Crippen molar-refractivity contribution >= 4 is 24.0 Å². The topological polar surface area (TPSA) is 50.4 Å². The van der Waals surface area contributed by atoms with Crippen molar-refractivity contribution in [2.24, 2.45) is 0 Å². The van der Waals surface area contributed by atoms with Crippen molar-refractivity contribution in [2.75, 3.05) is 18.5 Å².